The van der Waals surface area contributed by atoms with Gasteiger partial charge in [0.05, 0.1) is 12.2 Å². The predicted molar refractivity (Wildman–Crippen MR) is 74.2 cm³/mol. The molecule has 4 nitrogen and oxygen atoms in total. The summed E-state index contributed by atoms with van der Waals surface area (Å²) in [6, 6.07) is 5.80. The van der Waals surface area contributed by atoms with Crippen LogP contribution in [0.2, 0.25) is 0 Å². The van der Waals surface area contributed by atoms with Gasteiger partial charge in [0.2, 0.25) is 0 Å². The maximum atomic E-state index is 9.19. The Balaban J connectivity index is 3.27. The highest BCUT2D eigenvalue weighted by Gasteiger charge is 2.17. The highest BCUT2D eigenvalue weighted by atomic mass is 32.2. The van der Waals surface area contributed by atoms with E-state index in [1.54, 1.807) is 11.8 Å². The van der Waals surface area contributed by atoms with Gasteiger partial charge in [-0.15, -0.1) is 11.8 Å². The maximum absolute atomic E-state index is 9.19. The average Bonchev–Trinajstić information content (AvgIpc) is 2.35. The fraction of sp³-hybridized carbons (Fsp3) is 0.417. The van der Waals surface area contributed by atoms with Crippen molar-refractivity contribution in [1.29, 1.82) is 5.41 Å². The number of aliphatic hydroxyl groups excluding tert-OH is 1. The topological polar surface area (TPSA) is 73.3 Å². The molecule has 0 fully saturated rings. The number of aliphatic hydroxyl groups is 1. The van der Waals surface area contributed by atoms with Crippen molar-refractivity contribution in [2.45, 2.75) is 17.9 Å². The number of nitrogens with one attached hydrogen (secondary N) is 1. The molecule has 0 aromatic heterocycles. The number of benzene rings is 1. The molecular formula is C12H19N3OS. The zero-order chi connectivity index (χ0) is 13.0. The van der Waals surface area contributed by atoms with Crippen LogP contribution in [-0.2, 0) is 0 Å². The lowest BCUT2D eigenvalue weighted by Crippen LogP contribution is -2.33. The Kier molecular flexibility index (Phi) is 4.84. The summed E-state index contributed by atoms with van der Waals surface area (Å²) in [5, 5.41) is 16.9. The molecule has 1 atom stereocenters. The van der Waals surface area contributed by atoms with Crippen molar-refractivity contribution < 1.29 is 5.11 Å². The fourth-order valence-corrected chi connectivity index (χ4v) is 2.25. The van der Waals surface area contributed by atoms with Crippen LogP contribution in [0, 0.1) is 5.41 Å². The SMILES string of the molecule is CSc1cccc(N(C)C(C)CO)c1C(=N)N. The van der Waals surface area contributed by atoms with Gasteiger partial charge in [0.1, 0.15) is 5.84 Å². The van der Waals surface area contributed by atoms with E-state index in [1.165, 1.54) is 0 Å². The maximum Gasteiger partial charge on any atom is 0.126 e. The molecule has 94 valence electrons. The summed E-state index contributed by atoms with van der Waals surface area (Å²) in [6.45, 7) is 1.99. The smallest absolute Gasteiger partial charge is 0.126 e. The Bertz CT molecular complexity index is 409. The number of likely N-dealkylation sites (N-methyl/N-ethyl adjacent to an activating group) is 1. The number of nitrogens with two attached hydrogens (primary N) is 1. The molecule has 1 aromatic carbocycles. The first-order chi connectivity index (χ1) is 8.02. The van der Waals surface area contributed by atoms with Crippen LogP contribution >= 0.6 is 11.8 Å². The van der Waals surface area contributed by atoms with E-state index in [9.17, 15) is 5.11 Å². The first-order valence-corrected chi connectivity index (χ1v) is 6.60. The van der Waals surface area contributed by atoms with Gasteiger partial charge in [-0.05, 0) is 25.3 Å². The molecule has 0 bridgehead atoms. The minimum Gasteiger partial charge on any atom is -0.394 e. The molecule has 1 unspecified atom stereocenters. The van der Waals surface area contributed by atoms with Crippen LogP contribution in [0.5, 0.6) is 0 Å². The summed E-state index contributed by atoms with van der Waals surface area (Å²) in [4.78, 5) is 2.92. The van der Waals surface area contributed by atoms with Crippen LogP contribution in [0.25, 0.3) is 0 Å². The van der Waals surface area contributed by atoms with Gasteiger partial charge in [-0.25, -0.2) is 0 Å². The fourth-order valence-electron chi connectivity index (χ4n) is 1.61. The van der Waals surface area contributed by atoms with Gasteiger partial charge in [0, 0.05) is 23.7 Å². The second-order valence-corrected chi connectivity index (χ2v) is 4.76. The summed E-state index contributed by atoms with van der Waals surface area (Å²) >= 11 is 1.56. The number of amidine groups is 1. The van der Waals surface area contributed by atoms with Crippen molar-refractivity contribution in [2.24, 2.45) is 5.73 Å². The van der Waals surface area contributed by atoms with Crippen LogP contribution in [0.4, 0.5) is 5.69 Å². The Morgan fingerprint density at radius 1 is 1.59 bits per heavy atom. The minimum absolute atomic E-state index is 0.00907. The number of hydrogen-bond acceptors (Lipinski definition) is 4. The second kappa shape index (κ2) is 5.93. The van der Waals surface area contributed by atoms with Gasteiger partial charge in [0.25, 0.3) is 0 Å². The molecule has 1 rings (SSSR count). The Labute approximate surface area is 106 Å². The predicted octanol–water partition coefficient (Wildman–Crippen LogP) is 1.51. The van der Waals surface area contributed by atoms with Crippen molar-refractivity contribution in [3.05, 3.63) is 23.8 Å². The highest BCUT2D eigenvalue weighted by Crippen LogP contribution is 2.29. The largest absolute Gasteiger partial charge is 0.394 e. The minimum atomic E-state index is -0.00907. The first kappa shape index (κ1) is 13.9. The quantitative estimate of drug-likeness (QED) is 0.422. The van der Waals surface area contributed by atoms with Crippen LogP contribution in [-0.4, -0.2) is 36.9 Å². The molecule has 0 spiro atoms. The molecule has 0 aliphatic heterocycles. The van der Waals surface area contributed by atoms with Gasteiger partial charge >= 0.3 is 0 Å². The summed E-state index contributed by atoms with van der Waals surface area (Å²) in [5.41, 5.74) is 7.27. The van der Waals surface area contributed by atoms with E-state index in [4.69, 9.17) is 11.1 Å². The molecule has 0 heterocycles. The van der Waals surface area contributed by atoms with Crippen LogP contribution < -0.4 is 10.6 Å². The molecule has 0 aliphatic rings. The van der Waals surface area contributed by atoms with E-state index in [-0.39, 0.29) is 18.5 Å². The van der Waals surface area contributed by atoms with Crippen molar-refractivity contribution in [2.75, 3.05) is 24.8 Å². The van der Waals surface area contributed by atoms with E-state index in [2.05, 4.69) is 0 Å². The molecule has 4 N–H and O–H groups in total. The van der Waals surface area contributed by atoms with Crippen molar-refractivity contribution in [1.82, 2.24) is 0 Å². The first-order valence-electron chi connectivity index (χ1n) is 5.38. The number of anilines is 1. The standard InChI is InChI=1S/C12H19N3OS/c1-8(7-16)15(2)9-5-4-6-10(17-3)11(9)12(13)14/h4-6,8,16H,7H2,1-3H3,(H3,13,14). The molecule has 5 heteroatoms. The van der Waals surface area contributed by atoms with Crippen LogP contribution in [0.3, 0.4) is 0 Å². The van der Waals surface area contributed by atoms with Crippen molar-refractivity contribution in [3.8, 4) is 0 Å². The monoisotopic (exact) mass is 253 g/mol. The van der Waals surface area contributed by atoms with E-state index in [0.29, 0.717) is 0 Å². The molecule has 0 saturated heterocycles. The van der Waals surface area contributed by atoms with E-state index in [0.717, 1.165) is 16.1 Å². The molecule has 0 saturated carbocycles. The van der Waals surface area contributed by atoms with Gasteiger partial charge in [-0.3, -0.25) is 5.41 Å². The Morgan fingerprint density at radius 3 is 2.71 bits per heavy atom. The van der Waals surface area contributed by atoms with Crippen LogP contribution in [0.15, 0.2) is 23.1 Å². The second-order valence-electron chi connectivity index (χ2n) is 3.91. The lowest BCUT2D eigenvalue weighted by Gasteiger charge is -2.28. The lowest BCUT2D eigenvalue weighted by atomic mass is 10.1. The summed E-state index contributed by atoms with van der Waals surface area (Å²) in [7, 11) is 1.90. The lowest BCUT2D eigenvalue weighted by molar-refractivity contribution is 0.270. The number of rotatable bonds is 5. The van der Waals surface area contributed by atoms with Crippen LogP contribution in [0.1, 0.15) is 12.5 Å². The zero-order valence-corrected chi connectivity index (χ0v) is 11.2. The molecular weight excluding hydrogens is 234 g/mol. The Morgan fingerprint density at radius 2 is 2.24 bits per heavy atom. The third-order valence-corrected chi connectivity index (χ3v) is 3.58. The average molecular weight is 253 g/mol. The number of nitrogen functional groups attached to an aromatic ring is 1. The van der Waals surface area contributed by atoms with E-state index >= 15 is 0 Å². The summed E-state index contributed by atoms with van der Waals surface area (Å²) in [6.07, 6.45) is 1.96. The molecule has 1 aromatic rings. The molecule has 17 heavy (non-hydrogen) atoms. The number of nitrogens with zero attached hydrogens (tertiary/aromatic N) is 1. The van der Waals surface area contributed by atoms with E-state index < -0.39 is 0 Å². The molecule has 0 aliphatic carbocycles. The summed E-state index contributed by atoms with van der Waals surface area (Å²) in [5.74, 6) is 0.0574. The van der Waals surface area contributed by atoms with Crippen molar-refractivity contribution >= 4 is 23.3 Å². The zero-order valence-electron chi connectivity index (χ0n) is 10.4. The third kappa shape index (κ3) is 2.92. The Hall–Kier alpha value is -1.20. The van der Waals surface area contributed by atoms with Gasteiger partial charge in [0.15, 0.2) is 0 Å². The van der Waals surface area contributed by atoms with Gasteiger partial charge < -0.3 is 15.7 Å². The number of thioether (sulfide) groups is 1. The number of hydrogen-bond donors (Lipinski definition) is 3. The van der Waals surface area contributed by atoms with Gasteiger partial charge in [-0.2, -0.15) is 0 Å². The normalized spacial score (nSPS) is 12.2. The van der Waals surface area contributed by atoms with Crippen molar-refractivity contribution in [3.63, 3.8) is 0 Å². The molecule has 0 radical (unpaired) electrons. The molecule has 0 amide bonds. The summed E-state index contributed by atoms with van der Waals surface area (Å²) < 4.78 is 0. The van der Waals surface area contributed by atoms with E-state index in [1.807, 2.05) is 43.3 Å². The van der Waals surface area contributed by atoms with Gasteiger partial charge in [-0.1, -0.05) is 6.07 Å². The third-order valence-electron chi connectivity index (χ3n) is 2.80. The highest BCUT2D eigenvalue weighted by molar-refractivity contribution is 7.98.